The van der Waals surface area contributed by atoms with E-state index < -0.39 is 22.8 Å². The summed E-state index contributed by atoms with van der Waals surface area (Å²) in [7, 11) is 0. The van der Waals surface area contributed by atoms with Crippen molar-refractivity contribution in [2.45, 2.75) is 64.6 Å². The molecule has 0 radical (unpaired) electrons. The van der Waals surface area contributed by atoms with Gasteiger partial charge in [0.1, 0.15) is 6.10 Å². The normalized spacial score (nSPS) is 19.3. The zero-order valence-electron chi connectivity index (χ0n) is 17.2. The smallest absolute Gasteiger partial charge is 0.355 e. The number of carbonyl (C=O) groups is 2. The molecule has 30 heavy (non-hydrogen) atoms. The van der Waals surface area contributed by atoms with Crippen molar-refractivity contribution in [2.75, 3.05) is 0 Å². The van der Waals surface area contributed by atoms with Gasteiger partial charge in [-0.2, -0.15) is 5.10 Å². The molecule has 3 rings (SSSR count). The number of esters is 2. The van der Waals surface area contributed by atoms with Gasteiger partial charge in [-0.15, -0.1) is 0 Å². The van der Waals surface area contributed by atoms with Crippen molar-refractivity contribution in [2.24, 2.45) is 5.10 Å². The van der Waals surface area contributed by atoms with E-state index >= 15 is 0 Å². The van der Waals surface area contributed by atoms with Crippen LogP contribution in [0.3, 0.4) is 0 Å². The highest BCUT2D eigenvalue weighted by molar-refractivity contribution is 6.40. The summed E-state index contributed by atoms with van der Waals surface area (Å²) in [6.07, 6.45) is 2.97. The van der Waals surface area contributed by atoms with E-state index in [1.54, 1.807) is 26.8 Å². The minimum atomic E-state index is -0.939. The average Bonchev–Trinajstić information content (AvgIpc) is 3.20. The lowest BCUT2D eigenvalue weighted by molar-refractivity contribution is -0.384. The number of nitro groups is 1. The molecule has 1 aromatic rings. The molecule has 1 aromatic carbocycles. The minimum absolute atomic E-state index is 0.0243. The van der Waals surface area contributed by atoms with Gasteiger partial charge in [0.05, 0.1) is 22.5 Å². The summed E-state index contributed by atoms with van der Waals surface area (Å²) in [5.41, 5.74) is 3.52. The Morgan fingerprint density at radius 3 is 2.57 bits per heavy atom. The van der Waals surface area contributed by atoms with Gasteiger partial charge in [0, 0.05) is 17.8 Å². The Bertz CT molecular complexity index is 915. The van der Waals surface area contributed by atoms with Crippen LogP contribution in [0.2, 0.25) is 0 Å². The summed E-state index contributed by atoms with van der Waals surface area (Å²) >= 11 is 0. The standard InChI is InChI=1S/C21H25N3O6/c1-12(2)29-20(25)17-13(3)22-23-19(21(26)30-16-9-4-5-10-16)18(17)14-7-6-8-15(11-14)24(27)28/h6-8,11-12,16,18,22H,4-5,9-10H2,1-3H3. The number of nitro benzene ring substituents is 1. The topological polar surface area (TPSA) is 120 Å². The lowest BCUT2D eigenvalue weighted by atomic mass is 9.84. The number of hydrogen-bond donors (Lipinski definition) is 1. The summed E-state index contributed by atoms with van der Waals surface area (Å²) < 4.78 is 11.0. The summed E-state index contributed by atoms with van der Waals surface area (Å²) in [5.74, 6) is -2.20. The minimum Gasteiger partial charge on any atom is -0.460 e. The second kappa shape index (κ2) is 9.06. The number of benzene rings is 1. The van der Waals surface area contributed by atoms with Crippen LogP contribution in [-0.2, 0) is 19.1 Å². The molecule has 1 aliphatic carbocycles. The molecule has 1 saturated carbocycles. The lowest BCUT2D eigenvalue weighted by Gasteiger charge is -2.27. The SMILES string of the molecule is CC1=C(C(=O)OC(C)C)C(c2cccc([N+](=O)[O-])c2)C(C(=O)OC2CCCC2)=NN1. The maximum absolute atomic E-state index is 13.0. The molecule has 1 atom stereocenters. The first-order chi connectivity index (χ1) is 14.3. The third-order valence-electron chi connectivity index (χ3n) is 5.07. The fraction of sp³-hybridized carbons (Fsp3) is 0.476. The maximum Gasteiger partial charge on any atom is 0.355 e. The van der Waals surface area contributed by atoms with Crippen molar-refractivity contribution < 1.29 is 24.0 Å². The Kier molecular flexibility index (Phi) is 6.49. The van der Waals surface area contributed by atoms with Crippen molar-refractivity contribution >= 4 is 23.3 Å². The van der Waals surface area contributed by atoms with Gasteiger partial charge >= 0.3 is 11.9 Å². The molecule has 1 N–H and O–H groups in total. The Labute approximate surface area is 174 Å². The highest BCUT2D eigenvalue weighted by atomic mass is 16.6. The fourth-order valence-corrected chi connectivity index (χ4v) is 3.69. The summed E-state index contributed by atoms with van der Waals surface area (Å²) in [4.78, 5) is 36.6. The molecule has 9 nitrogen and oxygen atoms in total. The first-order valence-corrected chi connectivity index (χ1v) is 9.98. The number of carbonyl (C=O) groups excluding carboxylic acids is 2. The summed E-state index contributed by atoms with van der Waals surface area (Å²) in [6.45, 7) is 5.08. The Hall–Kier alpha value is -3.23. The zero-order valence-corrected chi connectivity index (χ0v) is 17.2. The second-order valence-electron chi connectivity index (χ2n) is 7.70. The predicted molar refractivity (Wildman–Crippen MR) is 109 cm³/mol. The zero-order chi connectivity index (χ0) is 21.8. The number of rotatable bonds is 6. The van der Waals surface area contributed by atoms with Gasteiger partial charge in [-0.1, -0.05) is 12.1 Å². The fourth-order valence-electron chi connectivity index (χ4n) is 3.69. The van der Waals surface area contributed by atoms with Crippen LogP contribution in [0.1, 0.15) is 57.9 Å². The van der Waals surface area contributed by atoms with Crippen molar-refractivity contribution in [3.63, 3.8) is 0 Å². The molecule has 2 aliphatic rings. The number of allylic oxidation sites excluding steroid dienone is 1. The Balaban J connectivity index is 2.03. The average molecular weight is 415 g/mol. The van der Waals surface area contributed by atoms with Crippen LogP contribution >= 0.6 is 0 Å². The largest absolute Gasteiger partial charge is 0.460 e. The molecule has 0 spiro atoms. The molecule has 0 aromatic heterocycles. The van der Waals surface area contributed by atoms with Gasteiger partial charge in [0.15, 0.2) is 5.71 Å². The third kappa shape index (κ3) is 4.67. The molecule has 1 heterocycles. The van der Waals surface area contributed by atoms with Crippen molar-refractivity contribution in [3.8, 4) is 0 Å². The van der Waals surface area contributed by atoms with Crippen molar-refractivity contribution in [3.05, 3.63) is 51.2 Å². The van der Waals surface area contributed by atoms with Gasteiger partial charge in [0.25, 0.3) is 5.69 Å². The van der Waals surface area contributed by atoms with Gasteiger partial charge in [-0.3, -0.25) is 15.5 Å². The predicted octanol–water partition coefficient (Wildman–Crippen LogP) is 3.35. The molecule has 0 amide bonds. The quantitative estimate of drug-likeness (QED) is 0.430. The van der Waals surface area contributed by atoms with E-state index in [-0.39, 0.29) is 29.2 Å². The molecular weight excluding hydrogens is 390 g/mol. The van der Waals surface area contributed by atoms with Gasteiger partial charge < -0.3 is 9.47 Å². The molecule has 9 heteroatoms. The van der Waals surface area contributed by atoms with Crippen LogP contribution in [0, 0.1) is 10.1 Å². The molecule has 1 fully saturated rings. The van der Waals surface area contributed by atoms with Crippen LogP contribution in [0.25, 0.3) is 0 Å². The first kappa shape index (κ1) is 21.5. The highest BCUT2D eigenvalue weighted by Crippen LogP contribution is 2.34. The second-order valence-corrected chi connectivity index (χ2v) is 7.70. The number of hydrazone groups is 1. The number of ether oxygens (including phenoxy) is 2. The molecule has 160 valence electrons. The van der Waals surface area contributed by atoms with Gasteiger partial charge in [0.2, 0.25) is 0 Å². The van der Waals surface area contributed by atoms with Crippen LogP contribution in [0.5, 0.6) is 0 Å². The van der Waals surface area contributed by atoms with E-state index in [2.05, 4.69) is 10.5 Å². The van der Waals surface area contributed by atoms with E-state index in [1.165, 1.54) is 18.2 Å². The van der Waals surface area contributed by atoms with E-state index in [1.807, 2.05) is 0 Å². The van der Waals surface area contributed by atoms with Crippen molar-refractivity contribution in [1.82, 2.24) is 5.43 Å². The Morgan fingerprint density at radius 2 is 1.93 bits per heavy atom. The highest BCUT2D eigenvalue weighted by Gasteiger charge is 2.39. The molecular formula is C21H25N3O6. The lowest BCUT2D eigenvalue weighted by Crippen LogP contribution is -2.37. The number of hydrogen-bond acceptors (Lipinski definition) is 8. The third-order valence-corrected chi connectivity index (χ3v) is 5.07. The number of non-ortho nitro benzene ring substituents is 1. The number of nitrogens with zero attached hydrogens (tertiary/aromatic N) is 2. The monoisotopic (exact) mass is 415 g/mol. The van der Waals surface area contributed by atoms with Crippen LogP contribution in [-0.4, -0.2) is 34.8 Å². The van der Waals surface area contributed by atoms with Crippen LogP contribution < -0.4 is 5.43 Å². The maximum atomic E-state index is 13.0. The molecule has 0 saturated heterocycles. The summed E-state index contributed by atoms with van der Waals surface area (Å²) in [5, 5.41) is 15.4. The van der Waals surface area contributed by atoms with E-state index in [4.69, 9.17) is 9.47 Å². The van der Waals surface area contributed by atoms with Crippen molar-refractivity contribution in [1.29, 1.82) is 0 Å². The van der Waals surface area contributed by atoms with Crippen LogP contribution in [0.4, 0.5) is 5.69 Å². The summed E-state index contributed by atoms with van der Waals surface area (Å²) in [6, 6.07) is 5.82. The molecule has 1 unspecified atom stereocenters. The van der Waals surface area contributed by atoms with E-state index in [0.717, 1.165) is 25.7 Å². The molecule has 0 bridgehead atoms. The van der Waals surface area contributed by atoms with E-state index in [9.17, 15) is 19.7 Å². The van der Waals surface area contributed by atoms with E-state index in [0.29, 0.717) is 11.3 Å². The van der Waals surface area contributed by atoms with Gasteiger partial charge in [-0.05, 0) is 52.0 Å². The first-order valence-electron chi connectivity index (χ1n) is 9.98. The Morgan fingerprint density at radius 1 is 1.23 bits per heavy atom. The van der Waals surface area contributed by atoms with Crippen LogP contribution in [0.15, 0.2) is 40.6 Å². The number of nitrogens with one attached hydrogen (secondary N) is 1. The van der Waals surface area contributed by atoms with Gasteiger partial charge in [-0.25, -0.2) is 9.59 Å². The molecule has 1 aliphatic heterocycles.